The Bertz CT molecular complexity index is 367. The van der Waals surface area contributed by atoms with Crippen molar-refractivity contribution in [3.8, 4) is 6.07 Å². The van der Waals surface area contributed by atoms with Crippen LogP contribution in [0.5, 0.6) is 0 Å². The summed E-state index contributed by atoms with van der Waals surface area (Å²) in [6.07, 6.45) is 1.75. The Balaban J connectivity index is 2.04. The summed E-state index contributed by atoms with van der Waals surface area (Å²) in [5.41, 5.74) is -0.341. The molecule has 0 radical (unpaired) electrons. The van der Waals surface area contributed by atoms with E-state index in [1.54, 1.807) is 6.20 Å². The number of ether oxygens (including phenoxy) is 1. The second-order valence-corrected chi connectivity index (χ2v) is 3.93. The smallest absolute Gasteiger partial charge is 0.128 e. The molecular weight excluding hydrogens is 190 g/mol. The van der Waals surface area contributed by atoms with Crippen LogP contribution < -0.4 is 4.90 Å². The van der Waals surface area contributed by atoms with Gasteiger partial charge >= 0.3 is 0 Å². The van der Waals surface area contributed by atoms with E-state index < -0.39 is 0 Å². The van der Waals surface area contributed by atoms with Crippen molar-refractivity contribution >= 4 is 5.82 Å². The normalized spacial score (nSPS) is 17.6. The summed E-state index contributed by atoms with van der Waals surface area (Å²) in [6.45, 7) is 1.72. The fourth-order valence-electron chi connectivity index (χ4n) is 1.65. The molecule has 1 aromatic heterocycles. The lowest BCUT2D eigenvalue weighted by molar-refractivity contribution is -0.0717. The van der Waals surface area contributed by atoms with Crippen LogP contribution in [-0.2, 0) is 4.74 Å². The van der Waals surface area contributed by atoms with Crippen molar-refractivity contribution in [3.63, 3.8) is 0 Å². The van der Waals surface area contributed by atoms with Crippen LogP contribution in [0.25, 0.3) is 0 Å². The predicted octanol–water partition coefficient (Wildman–Crippen LogP) is 1.06. The molecule has 2 rings (SSSR count). The average Bonchev–Trinajstić information content (AvgIpc) is 2.24. The average molecular weight is 203 g/mol. The Hall–Kier alpha value is -1.60. The zero-order chi connectivity index (χ0) is 10.7. The van der Waals surface area contributed by atoms with E-state index in [0.717, 1.165) is 5.82 Å². The van der Waals surface area contributed by atoms with Gasteiger partial charge in [-0.05, 0) is 12.1 Å². The minimum Gasteiger partial charge on any atom is -0.378 e. The molecule has 0 saturated carbocycles. The van der Waals surface area contributed by atoms with Crippen LogP contribution in [0.3, 0.4) is 0 Å². The van der Waals surface area contributed by atoms with E-state index in [-0.39, 0.29) is 5.41 Å². The van der Waals surface area contributed by atoms with Crippen molar-refractivity contribution in [1.29, 1.82) is 5.26 Å². The molecule has 0 aliphatic carbocycles. The lowest BCUT2D eigenvalue weighted by atomic mass is 9.87. The summed E-state index contributed by atoms with van der Waals surface area (Å²) in [5.74, 6) is 0.888. The minimum atomic E-state index is -0.341. The van der Waals surface area contributed by atoms with Crippen LogP contribution in [-0.4, -0.2) is 31.8 Å². The molecule has 0 aromatic carbocycles. The molecule has 15 heavy (non-hydrogen) atoms. The van der Waals surface area contributed by atoms with Crippen molar-refractivity contribution in [2.75, 3.05) is 31.7 Å². The maximum absolute atomic E-state index is 9.06. The molecule has 1 aliphatic heterocycles. The highest BCUT2D eigenvalue weighted by atomic mass is 16.5. The Morgan fingerprint density at radius 1 is 1.60 bits per heavy atom. The molecule has 1 aliphatic rings. The zero-order valence-electron chi connectivity index (χ0n) is 8.68. The lowest BCUT2D eigenvalue weighted by Gasteiger charge is -2.38. The first-order valence-electron chi connectivity index (χ1n) is 4.87. The van der Waals surface area contributed by atoms with Crippen LogP contribution in [0.15, 0.2) is 24.4 Å². The number of hydrogen-bond donors (Lipinski definition) is 0. The quantitative estimate of drug-likeness (QED) is 0.737. The number of nitriles is 1. The predicted molar refractivity (Wildman–Crippen MR) is 56.4 cm³/mol. The van der Waals surface area contributed by atoms with Gasteiger partial charge in [0.25, 0.3) is 0 Å². The Morgan fingerprint density at radius 3 is 2.87 bits per heavy atom. The van der Waals surface area contributed by atoms with E-state index in [0.29, 0.717) is 19.8 Å². The topological polar surface area (TPSA) is 49.2 Å². The lowest BCUT2D eigenvalue weighted by Crippen LogP contribution is -2.49. The van der Waals surface area contributed by atoms with Crippen molar-refractivity contribution in [1.82, 2.24) is 4.98 Å². The van der Waals surface area contributed by atoms with Crippen LogP contribution in [0, 0.1) is 16.7 Å². The van der Waals surface area contributed by atoms with E-state index in [1.165, 1.54) is 0 Å². The fraction of sp³-hybridized carbons (Fsp3) is 0.455. The molecular formula is C11H13N3O. The zero-order valence-corrected chi connectivity index (χ0v) is 8.68. The van der Waals surface area contributed by atoms with Gasteiger partial charge in [0.05, 0.1) is 19.3 Å². The summed E-state index contributed by atoms with van der Waals surface area (Å²) >= 11 is 0. The fourth-order valence-corrected chi connectivity index (χ4v) is 1.65. The highest BCUT2D eigenvalue weighted by Crippen LogP contribution is 2.28. The van der Waals surface area contributed by atoms with Gasteiger partial charge in [-0.1, -0.05) is 6.07 Å². The summed E-state index contributed by atoms with van der Waals surface area (Å²) in [7, 11) is 1.94. The third-order valence-corrected chi connectivity index (χ3v) is 2.57. The second kappa shape index (κ2) is 3.87. The van der Waals surface area contributed by atoms with E-state index >= 15 is 0 Å². The van der Waals surface area contributed by atoms with Gasteiger partial charge in [-0.25, -0.2) is 4.98 Å². The highest BCUT2D eigenvalue weighted by Gasteiger charge is 2.40. The molecule has 4 nitrogen and oxygen atoms in total. The summed E-state index contributed by atoms with van der Waals surface area (Å²) in [6, 6.07) is 8.07. The maximum Gasteiger partial charge on any atom is 0.128 e. The minimum absolute atomic E-state index is 0.341. The van der Waals surface area contributed by atoms with Crippen LogP contribution in [0.4, 0.5) is 5.82 Å². The molecule has 1 aromatic rings. The highest BCUT2D eigenvalue weighted by molar-refractivity contribution is 5.37. The number of hydrogen-bond acceptors (Lipinski definition) is 4. The molecule has 0 N–H and O–H groups in total. The van der Waals surface area contributed by atoms with Crippen molar-refractivity contribution < 1.29 is 4.74 Å². The summed E-state index contributed by atoms with van der Waals surface area (Å²) in [5, 5.41) is 9.06. The third kappa shape index (κ3) is 1.92. The number of aromatic nitrogens is 1. The van der Waals surface area contributed by atoms with Gasteiger partial charge in [-0.3, -0.25) is 0 Å². The third-order valence-electron chi connectivity index (χ3n) is 2.57. The van der Waals surface area contributed by atoms with E-state index in [1.807, 2.05) is 30.1 Å². The van der Waals surface area contributed by atoms with Crippen molar-refractivity contribution in [2.45, 2.75) is 0 Å². The van der Waals surface area contributed by atoms with Gasteiger partial charge in [-0.15, -0.1) is 0 Å². The monoisotopic (exact) mass is 203 g/mol. The van der Waals surface area contributed by atoms with Gasteiger partial charge in [0.15, 0.2) is 0 Å². The number of rotatable bonds is 3. The number of pyridine rings is 1. The largest absolute Gasteiger partial charge is 0.378 e. The molecule has 0 spiro atoms. The van der Waals surface area contributed by atoms with Gasteiger partial charge in [0, 0.05) is 19.8 Å². The van der Waals surface area contributed by atoms with Gasteiger partial charge in [0.1, 0.15) is 11.2 Å². The van der Waals surface area contributed by atoms with Gasteiger partial charge in [0.2, 0.25) is 0 Å². The molecule has 0 bridgehead atoms. The van der Waals surface area contributed by atoms with Gasteiger partial charge in [-0.2, -0.15) is 5.26 Å². The first kappa shape index (κ1) is 9.94. The van der Waals surface area contributed by atoms with Gasteiger partial charge < -0.3 is 9.64 Å². The number of nitrogens with zero attached hydrogens (tertiary/aromatic N) is 3. The molecule has 0 atom stereocenters. The Kier molecular flexibility index (Phi) is 2.57. The molecule has 0 unspecified atom stereocenters. The van der Waals surface area contributed by atoms with Crippen molar-refractivity contribution in [2.24, 2.45) is 5.41 Å². The maximum atomic E-state index is 9.06. The van der Waals surface area contributed by atoms with Crippen LogP contribution >= 0.6 is 0 Å². The van der Waals surface area contributed by atoms with Crippen LogP contribution in [0.1, 0.15) is 0 Å². The standard InChI is InChI=1S/C11H13N3O/c1-14(10-4-2-3-5-13-10)7-11(6-12)8-15-9-11/h2-5H,7-9H2,1H3. The second-order valence-electron chi connectivity index (χ2n) is 3.93. The summed E-state index contributed by atoms with van der Waals surface area (Å²) in [4.78, 5) is 6.22. The van der Waals surface area contributed by atoms with Crippen molar-refractivity contribution in [3.05, 3.63) is 24.4 Å². The van der Waals surface area contributed by atoms with E-state index in [9.17, 15) is 0 Å². The molecule has 2 heterocycles. The first-order valence-corrected chi connectivity index (χ1v) is 4.87. The van der Waals surface area contributed by atoms with E-state index in [2.05, 4.69) is 11.1 Å². The molecule has 1 fully saturated rings. The molecule has 0 amide bonds. The summed E-state index contributed by atoms with van der Waals surface area (Å²) < 4.78 is 5.10. The number of anilines is 1. The van der Waals surface area contributed by atoms with E-state index in [4.69, 9.17) is 10.00 Å². The first-order chi connectivity index (χ1) is 7.26. The molecule has 78 valence electrons. The SMILES string of the molecule is CN(CC1(C#N)COC1)c1ccccn1. The Morgan fingerprint density at radius 2 is 2.40 bits per heavy atom. The molecule has 1 saturated heterocycles. The van der Waals surface area contributed by atoms with Crippen LogP contribution in [0.2, 0.25) is 0 Å². The Labute approximate surface area is 89.1 Å². The molecule has 4 heteroatoms.